The molecule has 1 aliphatic rings. The van der Waals surface area contributed by atoms with Gasteiger partial charge in [-0.05, 0) is 36.9 Å². The van der Waals surface area contributed by atoms with E-state index in [4.69, 9.17) is 16.2 Å². The number of ether oxygens (including phenoxy) is 1. The van der Waals surface area contributed by atoms with E-state index in [1.165, 1.54) is 0 Å². The lowest BCUT2D eigenvalue weighted by Gasteiger charge is -2.27. The molecule has 0 radical (unpaired) electrons. The van der Waals surface area contributed by atoms with E-state index in [-0.39, 0.29) is 18.5 Å². The summed E-state index contributed by atoms with van der Waals surface area (Å²) in [6.07, 6.45) is 5.75. The van der Waals surface area contributed by atoms with Crippen LogP contribution in [0, 0.1) is 6.92 Å². The zero-order valence-electron chi connectivity index (χ0n) is 20.5. The van der Waals surface area contributed by atoms with Gasteiger partial charge in [-0.25, -0.2) is 9.97 Å². The van der Waals surface area contributed by atoms with Crippen LogP contribution in [0.3, 0.4) is 0 Å². The number of carbonyl (C=O) groups is 1. The van der Waals surface area contributed by atoms with Crippen LogP contribution in [0.2, 0.25) is 0 Å². The van der Waals surface area contributed by atoms with Crippen molar-refractivity contribution in [2.45, 2.75) is 32.9 Å². The molecule has 5 N–H and O–H groups in total. The number of nitrogens with two attached hydrogens (primary N) is 2. The van der Waals surface area contributed by atoms with Gasteiger partial charge in [0.1, 0.15) is 18.2 Å². The van der Waals surface area contributed by atoms with Crippen LogP contribution in [0.25, 0.3) is 22.0 Å². The molecule has 0 saturated carbocycles. The van der Waals surface area contributed by atoms with E-state index < -0.39 is 0 Å². The highest BCUT2D eigenvalue weighted by Gasteiger charge is 2.25. The van der Waals surface area contributed by atoms with Crippen molar-refractivity contribution in [1.29, 1.82) is 0 Å². The van der Waals surface area contributed by atoms with Crippen LogP contribution in [-0.4, -0.2) is 61.8 Å². The van der Waals surface area contributed by atoms with Gasteiger partial charge in [-0.1, -0.05) is 0 Å². The monoisotopic (exact) mass is 487 g/mol. The fraction of sp³-hybridized carbons (Fsp3) is 0.320. The Labute approximate surface area is 208 Å². The molecule has 11 heteroatoms. The first-order chi connectivity index (χ1) is 17.3. The smallest absolute Gasteiger partial charge is 0.244 e. The standard InChI is InChI=1S/C25H29N9O2/c1-14(13-36-3)33-5-4-17-8-23(32-34(17)12-24(33)35)31-22-7-16-6-21(30-25(27)19(16)10-29-22)18-9-28-11-20(26)15(18)2/h6-11,14H,4-5,12-13,26H2,1-3H3,(H2,27,30)(H,29,31,32)/t14-/m1/s1. The summed E-state index contributed by atoms with van der Waals surface area (Å²) in [6.45, 7) is 5.24. The number of carbonyl (C=O) groups excluding carboxylic acids is 1. The number of hydrogen-bond acceptors (Lipinski definition) is 9. The number of methoxy groups -OCH3 is 1. The third-order valence-electron chi connectivity index (χ3n) is 6.55. The molecule has 5 rings (SSSR count). The molecule has 11 nitrogen and oxygen atoms in total. The molecule has 186 valence electrons. The van der Waals surface area contributed by atoms with Gasteiger partial charge >= 0.3 is 0 Å². The average Bonchev–Trinajstić information content (AvgIpc) is 3.13. The maximum atomic E-state index is 12.8. The third kappa shape index (κ3) is 4.40. The maximum absolute atomic E-state index is 12.8. The van der Waals surface area contributed by atoms with Crippen LogP contribution in [0.1, 0.15) is 18.2 Å². The van der Waals surface area contributed by atoms with Crippen LogP contribution in [0.15, 0.2) is 36.8 Å². The predicted octanol–water partition coefficient (Wildman–Crippen LogP) is 2.52. The molecule has 4 aromatic rings. The fourth-order valence-electron chi connectivity index (χ4n) is 4.54. The van der Waals surface area contributed by atoms with Crippen molar-refractivity contribution in [3.8, 4) is 11.3 Å². The normalized spacial score (nSPS) is 14.5. The van der Waals surface area contributed by atoms with Gasteiger partial charge in [-0.15, -0.1) is 0 Å². The molecular formula is C25H29N9O2. The molecule has 0 spiro atoms. The molecule has 0 aromatic carbocycles. The predicted molar refractivity (Wildman–Crippen MR) is 139 cm³/mol. The molecule has 0 aliphatic carbocycles. The van der Waals surface area contributed by atoms with E-state index in [0.29, 0.717) is 48.4 Å². The van der Waals surface area contributed by atoms with Crippen molar-refractivity contribution in [3.05, 3.63) is 48.0 Å². The van der Waals surface area contributed by atoms with Crippen molar-refractivity contribution < 1.29 is 9.53 Å². The number of nitrogens with one attached hydrogen (secondary N) is 1. The van der Waals surface area contributed by atoms with Gasteiger partial charge in [-0.2, -0.15) is 5.10 Å². The van der Waals surface area contributed by atoms with E-state index in [9.17, 15) is 4.79 Å². The number of fused-ring (bicyclic) bond motifs is 2. The number of nitrogen functional groups attached to an aromatic ring is 2. The van der Waals surface area contributed by atoms with Crippen LogP contribution in [-0.2, 0) is 22.5 Å². The lowest BCUT2D eigenvalue weighted by atomic mass is 10.0. The van der Waals surface area contributed by atoms with Crippen molar-refractivity contribution in [3.63, 3.8) is 0 Å². The van der Waals surface area contributed by atoms with E-state index in [2.05, 4.69) is 25.4 Å². The average molecular weight is 488 g/mol. The quantitative estimate of drug-likeness (QED) is 0.373. The van der Waals surface area contributed by atoms with Crippen LogP contribution in [0.5, 0.6) is 0 Å². The summed E-state index contributed by atoms with van der Waals surface area (Å²) in [5, 5.41) is 9.48. The Morgan fingerprint density at radius 2 is 2.00 bits per heavy atom. The number of anilines is 4. The van der Waals surface area contributed by atoms with Crippen molar-refractivity contribution in [1.82, 2.24) is 29.6 Å². The minimum atomic E-state index is 0.0187. The number of hydrogen-bond donors (Lipinski definition) is 3. The Balaban J connectivity index is 1.40. The van der Waals surface area contributed by atoms with Crippen molar-refractivity contribution in [2.24, 2.45) is 0 Å². The number of aromatic nitrogens is 5. The zero-order chi connectivity index (χ0) is 25.4. The number of amides is 1. The topological polar surface area (TPSA) is 150 Å². The third-order valence-corrected chi connectivity index (χ3v) is 6.55. The molecule has 1 amide bonds. The SMILES string of the molecule is COC[C@@H](C)N1CCc2cc(Nc3cc4cc(-c5cncc(N)c5C)nc(N)c4cn3)nn2CC1=O. The van der Waals surface area contributed by atoms with Crippen molar-refractivity contribution in [2.75, 3.05) is 37.0 Å². The second-order valence-electron chi connectivity index (χ2n) is 9.03. The van der Waals surface area contributed by atoms with Gasteiger partial charge in [0.15, 0.2) is 5.82 Å². The number of nitrogens with zero attached hydrogens (tertiary/aromatic N) is 6. The highest BCUT2D eigenvalue weighted by atomic mass is 16.5. The summed E-state index contributed by atoms with van der Waals surface area (Å²) in [5.41, 5.74) is 16.3. The largest absolute Gasteiger partial charge is 0.397 e. The van der Waals surface area contributed by atoms with Crippen LogP contribution >= 0.6 is 0 Å². The number of rotatable bonds is 6. The summed E-state index contributed by atoms with van der Waals surface area (Å²) in [7, 11) is 1.64. The van der Waals surface area contributed by atoms with E-state index in [0.717, 1.165) is 27.6 Å². The molecule has 36 heavy (non-hydrogen) atoms. The number of pyridine rings is 3. The summed E-state index contributed by atoms with van der Waals surface area (Å²) in [4.78, 5) is 27.9. The first kappa shape index (κ1) is 23.5. The highest BCUT2D eigenvalue weighted by Crippen LogP contribution is 2.30. The molecule has 4 aromatic heterocycles. The maximum Gasteiger partial charge on any atom is 0.244 e. The minimum Gasteiger partial charge on any atom is -0.397 e. The lowest BCUT2D eigenvalue weighted by Crippen LogP contribution is -2.42. The Kier molecular flexibility index (Phi) is 6.15. The molecule has 1 aliphatic heterocycles. The molecule has 0 unspecified atom stereocenters. The highest BCUT2D eigenvalue weighted by molar-refractivity contribution is 5.95. The van der Waals surface area contributed by atoms with Gasteiger partial charge in [-0.3, -0.25) is 14.5 Å². The van der Waals surface area contributed by atoms with E-state index >= 15 is 0 Å². The Hall–Kier alpha value is -4.25. The van der Waals surface area contributed by atoms with E-state index in [1.807, 2.05) is 36.9 Å². The second-order valence-corrected chi connectivity index (χ2v) is 9.03. The summed E-state index contributed by atoms with van der Waals surface area (Å²) in [5.74, 6) is 1.64. The zero-order valence-corrected chi connectivity index (χ0v) is 20.5. The van der Waals surface area contributed by atoms with Gasteiger partial charge in [0.05, 0.1) is 30.2 Å². The molecule has 5 heterocycles. The van der Waals surface area contributed by atoms with Gasteiger partial charge in [0.25, 0.3) is 0 Å². The molecular weight excluding hydrogens is 458 g/mol. The summed E-state index contributed by atoms with van der Waals surface area (Å²) >= 11 is 0. The molecule has 0 saturated heterocycles. The van der Waals surface area contributed by atoms with Gasteiger partial charge in [0.2, 0.25) is 5.91 Å². The molecule has 0 bridgehead atoms. The minimum absolute atomic E-state index is 0.0187. The fourth-order valence-corrected chi connectivity index (χ4v) is 4.54. The first-order valence-corrected chi connectivity index (χ1v) is 11.7. The second kappa shape index (κ2) is 9.42. The van der Waals surface area contributed by atoms with Crippen molar-refractivity contribution >= 4 is 39.8 Å². The Morgan fingerprint density at radius 3 is 2.81 bits per heavy atom. The lowest BCUT2D eigenvalue weighted by molar-refractivity contribution is -0.134. The summed E-state index contributed by atoms with van der Waals surface area (Å²) < 4.78 is 6.97. The van der Waals surface area contributed by atoms with Gasteiger partial charge < -0.3 is 26.4 Å². The van der Waals surface area contributed by atoms with E-state index in [1.54, 1.807) is 30.4 Å². The molecule has 1 atom stereocenters. The van der Waals surface area contributed by atoms with Crippen LogP contribution < -0.4 is 16.8 Å². The first-order valence-electron chi connectivity index (χ1n) is 11.7. The Morgan fingerprint density at radius 1 is 1.17 bits per heavy atom. The summed E-state index contributed by atoms with van der Waals surface area (Å²) in [6, 6.07) is 5.82. The molecule has 0 fully saturated rings. The Bertz CT molecular complexity index is 1450. The van der Waals surface area contributed by atoms with Crippen LogP contribution in [0.4, 0.5) is 23.1 Å². The van der Waals surface area contributed by atoms with Gasteiger partial charge in [0, 0.05) is 55.2 Å².